The van der Waals surface area contributed by atoms with Crippen molar-refractivity contribution >= 4 is 104 Å². The van der Waals surface area contributed by atoms with E-state index in [9.17, 15) is 0 Å². The topological polar surface area (TPSA) is 360 Å². The molecule has 0 amide bonds. The van der Waals surface area contributed by atoms with E-state index in [0.29, 0.717) is 46.6 Å². The molecule has 0 spiro atoms. The van der Waals surface area contributed by atoms with Gasteiger partial charge in [0.15, 0.2) is 46.6 Å². The predicted octanol–water partition coefficient (Wildman–Crippen LogP) is 17.5. The molecule has 0 fully saturated rings. The van der Waals surface area contributed by atoms with Gasteiger partial charge in [0.1, 0.15) is 45.6 Å². The molecule has 12 aromatic heterocycles. The first kappa shape index (κ1) is 92.4. The van der Waals surface area contributed by atoms with E-state index in [0.717, 1.165) is 68.3 Å². The third-order valence-electron chi connectivity index (χ3n) is 13.9. The van der Waals surface area contributed by atoms with E-state index in [-0.39, 0.29) is 51.2 Å². The van der Waals surface area contributed by atoms with Crippen LogP contribution in [0.15, 0.2) is 316 Å². The van der Waals surface area contributed by atoms with Crippen LogP contribution in [0.1, 0.15) is 0 Å². The van der Waals surface area contributed by atoms with Gasteiger partial charge in [0, 0.05) is 72.3 Å². The molecule has 0 saturated carbocycles. The van der Waals surface area contributed by atoms with E-state index in [1.165, 1.54) is 31.0 Å². The van der Waals surface area contributed by atoms with Crippen LogP contribution in [0.2, 0.25) is 0 Å². The fourth-order valence-electron chi connectivity index (χ4n) is 9.71. The summed E-state index contributed by atoms with van der Waals surface area (Å²) in [6.45, 7) is 0. The summed E-state index contributed by atoms with van der Waals surface area (Å²) in [7, 11) is 0. The zero-order valence-electron chi connectivity index (χ0n) is 58.2. The molecule has 0 radical (unpaired) electrons. The largest absolute Gasteiger partial charge is 2.00 e. The maximum Gasteiger partial charge on any atom is 2.00 e. The predicted molar refractivity (Wildman–Crippen MR) is 447 cm³/mol. The normalized spacial score (nSPS) is 9.06. The number of pyridine rings is 8. The Morgan fingerprint density at radius 3 is 0.381 bits per heavy atom. The fourth-order valence-corrected chi connectivity index (χ4v) is 9.71. The number of hydrogen-bond acceptors (Lipinski definition) is 22. The van der Waals surface area contributed by atoms with Gasteiger partial charge in [-0.2, -0.15) is 31.0 Å². The number of thiocarbonyl (C=S) groups is 6. The van der Waals surface area contributed by atoms with Crippen LogP contribution in [0.5, 0.6) is 0 Å². The minimum absolute atomic E-state index is 0. The second-order valence-electron chi connectivity index (χ2n) is 20.3. The monoisotopic (exact) mass is 1710 g/mol. The Kier molecular flexibility index (Phi) is 43.9. The van der Waals surface area contributed by atoms with E-state index >= 15 is 0 Å². The molecular formula is C78H52Fe3N26S6. The van der Waals surface area contributed by atoms with Gasteiger partial charge in [-0.3, -0.25) is 58.1 Å². The Morgan fingerprint density at radius 1 is 0.177 bits per heavy atom. The third-order valence-corrected chi connectivity index (χ3v) is 13.9. The molecule has 4 aromatic carbocycles. The third kappa shape index (κ3) is 27.8. The van der Waals surface area contributed by atoms with Crippen LogP contribution >= 0.6 is 73.3 Å². The van der Waals surface area contributed by atoms with Crippen molar-refractivity contribution in [2.24, 2.45) is 0 Å². The van der Waals surface area contributed by atoms with Gasteiger partial charge in [-0.1, -0.05) is 195 Å². The molecule has 554 valence electrons. The van der Waals surface area contributed by atoms with Crippen molar-refractivity contribution in [3.8, 4) is 115 Å². The molecule has 0 bridgehead atoms. The molecule has 0 atom stereocenters. The van der Waals surface area contributed by atoms with E-state index in [1.54, 1.807) is 49.6 Å². The van der Waals surface area contributed by atoms with Crippen molar-refractivity contribution in [3.63, 3.8) is 0 Å². The molecule has 0 aliphatic rings. The minimum Gasteiger partial charge on any atom is -0.753 e. The molecule has 0 unspecified atom stereocenters. The van der Waals surface area contributed by atoms with Crippen LogP contribution in [-0.4, -0.2) is 130 Å². The number of isothiocyanates is 6. The zero-order chi connectivity index (χ0) is 78.2. The van der Waals surface area contributed by atoms with Crippen molar-refractivity contribution in [3.05, 3.63) is 349 Å². The summed E-state index contributed by atoms with van der Waals surface area (Å²) >= 11 is 22.2. The van der Waals surface area contributed by atoms with Crippen LogP contribution in [0, 0.1) is 0 Å². The summed E-state index contributed by atoms with van der Waals surface area (Å²) in [4.78, 5) is 35.2. The molecule has 113 heavy (non-hydrogen) atoms. The van der Waals surface area contributed by atoms with Crippen LogP contribution in [-0.2, 0) is 51.2 Å². The first-order valence-electron chi connectivity index (χ1n) is 31.6. The quantitative estimate of drug-likeness (QED) is 0.0623. The van der Waals surface area contributed by atoms with Crippen LogP contribution < -0.4 is 0 Å². The summed E-state index contributed by atoms with van der Waals surface area (Å²) in [5, 5.41) is 85.6. The van der Waals surface area contributed by atoms with Gasteiger partial charge in [-0.15, -0.1) is 40.8 Å². The van der Waals surface area contributed by atoms with Gasteiger partial charge in [0.05, 0.1) is 0 Å². The zero-order valence-corrected chi connectivity index (χ0v) is 66.4. The Morgan fingerprint density at radius 2 is 0.283 bits per heavy atom. The van der Waals surface area contributed by atoms with Crippen LogP contribution in [0.4, 0.5) is 0 Å². The molecule has 0 saturated heterocycles. The van der Waals surface area contributed by atoms with Crippen molar-refractivity contribution in [1.29, 1.82) is 0 Å². The van der Waals surface area contributed by atoms with Crippen molar-refractivity contribution in [2.45, 2.75) is 0 Å². The Labute approximate surface area is 712 Å². The second-order valence-corrected chi connectivity index (χ2v) is 21.4. The number of aromatic nitrogens is 20. The summed E-state index contributed by atoms with van der Waals surface area (Å²) in [5.74, 6) is 5.54. The molecule has 0 aliphatic carbocycles. The molecule has 16 aromatic rings. The molecule has 35 heteroatoms. The maximum absolute atomic E-state index is 7.13. The van der Waals surface area contributed by atoms with Gasteiger partial charge in [-0.05, 0) is 146 Å². The Hall–Kier alpha value is -13.0. The number of hydrogen-bond donors (Lipinski definition) is 0. The second kappa shape index (κ2) is 53.7. The average molecular weight is 1710 g/mol. The maximum atomic E-state index is 7.13. The van der Waals surface area contributed by atoms with Gasteiger partial charge >= 0.3 is 51.2 Å². The number of nitrogens with zero attached hydrogens (tertiary/aromatic N) is 26. The first-order chi connectivity index (χ1) is 54.2. The summed E-state index contributed by atoms with van der Waals surface area (Å²) < 4.78 is 7.91. The first-order valence-corrected chi connectivity index (χ1v) is 34.1. The van der Waals surface area contributed by atoms with Crippen molar-refractivity contribution < 1.29 is 51.2 Å². The van der Waals surface area contributed by atoms with E-state index in [4.69, 9.17) is 32.5 Å². The van der Waals surface area contributed by atoms with E-state index in [2.05, 4.69) is 154 Å². The fraction of sp³-hybridized carbons (Fsp3) is 0. The van der Waals surface area contributed by atoms with Crippen molar-refractivity contribution in [2.75, 3.05) is 0 Å². The van der Waals surface area contributed by atoms with E-state index in [1.807, 2.05) is 285 Å². The molecule has 12 heterocycles. The van der Waals surface area contributed by atoms with Crippen molar-refractivity contribution in [1.82, 2.24) is 98.9 Å². The smallest absolute Gasteiger partial charge is 0.753 e. The molecular weight excluding hydrogens is 1660 g/mol. The van der Waals surface area contributed by atoms with Crippen LogP contribution in [0.3, 0.4) is 0 Å². The van der Waals surface area contributed by atoms with Gasteiger partial charge in [0.25, 0.3) is 0 Å². The molecule has 0 aliphatic heterocycles. The number of rotatable bonds is 12. The van der Waals surface area contributed by atoms with Gasteiger partial charge < -0.3 is 32.5 Å². The number of para-hydroxylation sites is 4. The number of benzene rings is 4. The Bertz CT molecular complexity index is 4630. The summed E-state index contributed by atoms with van der Waals surface area (Å²) in [6.07, 6.45) is 14.0. The molecule has 16 rings (SSSR count). The molecule has 0 N–H and O–H groups in total. The minimum atomic E-state index is 0. The van der Waals surface area contributed by atoms with Crippen LogP contribution in [0.25, 0.3) is 147 Å². The summed E-state index contributed by atoms with van der Waals surface area (Å²) in [6, 6.07) is 85.9. The van der Waals surface area contributed by atoms with Gasteiger partial charge in [-0.25, -0.2) is 0 Å². The standard InChI is InChI=1S/4C18H13N5.6CNS.3Fe/c4*1-2-8-14(9-3-1)23-17(15-10-4-6-12-19-15)21-22-18(23)16-11-5-7-13-20-16;6*2-1-3;;;/h4*1-13H;;;;;;;;;/q;;;;6*-1;3*+2. The molecule has 26 nitrogen and oxygen atoms in total. The average Bonchev–Trinajstić information content (AvgIpc) is 1.67. The SMILES string of the molecule is [Fe+2].[Fe+2].[Fe+2].[N-]=C=S.[N-]=C=S.[N-]=C=S.[N-]=C=S.[N-]=C=S.[N-]=C=S.c1ccc(-n2c(-c3ccccn3)nnc2-c2ccccn2)cc1.c1ccc(-n2c(-c3ccccn3)nnc2-c2ccccn2)cc1.c1ccc(-n2c(-c3ccccn3)nnc2-c2ccccn2)cc1.c1ccc(-n2c(-c3ccccn3)nnc2-c2ccccn2)cc1. The van der Waals surface area contributed by atoms with E-state index < -0.39 is 0 Å². The Balaban J connectivity index is 0.000000293. The van der Waals surface area contributed by atoms with Gasteiger partial charge in [0.2, 0.25) is 0 Å². The summed E-state index contributed by atoms with van der Waals surface area (Å²) in [5.41, 5.74) is 10.0.